The maximum atomic E-state index is 11.5. The third kappa shape index (κ3) is 3.51. The number of benzene rings is 1. The summed E-state index contributed by atoms with van der Waals surface area (Å²) >= 11 is 0. The van der Waals surface area contributed by atoms with Crippen molar-refractivity contribution in [3.8, 4) is 11.8 Å². The van der Waals surface area contributed by atoms with Gasteiger partial charge < -0.3 is 10.6 Å². The number of hydrogen-bond donors (Lipinski definition) is 2. The van der Waals surface area contributed by atoms with E-state index in [4.69, 9.17) is 0 Å². The molecule has 2 rings (SSSR count). The number of anilines is 1. The van der Waals surface area contributed by atoms with Crippen molar-refractivity contribution in [2.75, 3.05) is 24.5 Å². The molecule has 1 saturated heterocycles. The minimum absolute atomic E-state index is 0.00491. The number of carbonyl (C=O) groups is 2. The van der Waals surface area contributed by atoms with Crippen LogP contribution in [0.5, 0.6) is 0 Å². The Labute approximate surface area is 118 Å². The van der Waals surface area contributed by atoms with Gasteiger partial charge in [-0.2, -0.15) is 0 Å². The third-order valence-corrected chi connectivity index (χ3v) is 2.96. The Kier molecular flexibility index (Phi) is 4.61. The fourth-order valence-corrected chi connectivity index (χ4v) is 1.86. The zero-order valence-electron chi connectivity index (χ0n) is 11.4. The largest absolute Gasteiger partial charge is 0.345 e. The van der Waals surface area contributed by atoms with Crippen LogP contribution in [0, 0.1) is 11.8 Å². The van der Waals surface area contributed by atoms with Crippen molar-refractivity contribution in [3.05, 3.63) is 29.8 Å². The highest BCUT2D eigenvalue weighted by Gasteiger charge is 2.20. The molecule has 5 heteroatoms. The number of hydrogen-bond acceptors (Lipinski definition) is 2. The van der Waals surface area contributed by atoms with Crippen LogP contribution in [-0.4, -0.2) is 31.6 Å². The Balaban J connectivity index is 1.93. The lowest BCUT2D eigenvalue weighted by atomic mass is 10.2. The molecule has 0 aliphatic carbocycles. The van der Waals surface area contributed by atoms with Crippen LogP contribution < -0.4 is 15.5 Å². The van der Waals surface area contributed by atoms with Crippen molar-refractivity contribution < 1.29 is 9.59 Å². The maximum absolute atomic E-state index is 11.5. The van der Waals surface area contributed by atoms with Gasteiger partial charge in [0, 0.05) is 30.8 Å². The fourth-order valence-electron chi connectivity index (χ4n) is 1.86. The van der Waals surface area contributed by atoms with Gasteiger partial charge in [-0.05, 0) is 24.3 Å². The van der Waals surface area contributed by atoms with E-state index in [0.29, 0.717) is 26.1 Å². The molecule has 1 aromatic carbocycles. The van der Waals surface area contributed by atoms with E-state index >= 15 is 0 Å². The van der Waals surface area contributed by atoms with Crippen molar-refractivity contribution >= 4 is 17.6 Å². The van der Waals surface area contributed by atoms with E-state index in [2.05, 4.69) is 22.5 Å². The first-order chi connectivity index (χ1) is 9.70. The second-order valence-corrected chi connectivity index (χ2v) is 4.36. The second-order valence-electron chi connectivity index (χ2n) is 4.36. The highest BCUT2D eigenvalue weighted by molar-refractivity contribution is 5.94. The van der Waals surface area contributed by atoms with Crippen molar-refractivity contribution in [2.24, 2.45) is 0 Å². The summed E-state index contributed by atoms with van der Waals surface area (Å²) in [6.07, 6.45) is 0.467. The number of rotatable bonds is 3. The lowest BCUT2D eigenvalue weighted by molar-refractivity contribution is -0.120. The van der Waals surface area contributed by atoms with Crippen molar-refractivity contribution in [1.82, 2.24) is 10.6 Å². The van der Waals surface area contributed by atoms with E-state index in [1.54, 1.807) is 11.8 Å². The van der Waals surface area contributed by atoms with E-state index < -0.39 is 0 Å². The van der Waals surface area contributed by atoms with E-state index in [-0.39, 0.29) is 11.9 Å². The Morgan fingerprint density at radius 1 is 1.40 bits per heavy atom. The molecule has 1 fully saturated rings. The van der Waals surface area contributed by atoms with Crippen LogP contribution in [-0.2, 0) is 4.79 Å². The quantitative estimate of drug-likeness (QED) is 0.809. The van der Waals surface area contributed by atoms with Gasteiger partial charge >= 0.3 is 6.03 Å². The van der Waals surface area contributed by atoms with E-state index in [9.17, 15) is 9.59 Å². The van der Waals surface area contributed by atoms with Crippen LogP contribution in [0.4, 0.5) is 10.5 Å². The first-order valence-corrected chi connectivity index (χ1v) is 6.61. The van der Waals surface area contributed by atoms with Gasteiger partial charge in [0.15, 0.2) is 0 Å². The summed E-state index contributed by atoms with van der Waals surface area (Å²) in [6, 6.07) is 7.43. The minimum atomic E-state index is -0.0638. The molecule has 0 atom stereocenters. The molecule has 1 aliphatic rings. The summed E-state index contributed by atoms with van der Waals surface area (Å²) in [5.41, 5.74) is 1.73. The molecular formula is C15H17N3O2. The van der Waals surface area contributed by atoms with Gasteiger partial charge in [0.05, 0.1) is 6.54 Å². The SMILES string of the molecule is CCC(=O)NCC#Cc1ccc(N2CCNC2=O)cc1. The molecule has 104 valence electrons. The smallest absolute Gasteiger partial charge is 0.321 e. The number of amides is 3. The normalized spacial score (nSPS) is 13.4. The van der Waals surface area contributed by atoms with Gasteiger partial charge in [-0.25, -0.2) is 4.79 Å². The van der Waals surface area contributed by atoms with Crippen LogP contribution in [0.25, 0.3) is 0 Å². The molecule has 0 bridgehead atoms. The summed E-state index contributed by atoms with van der Waals surface area (Å²) in [5, 5.41) is 5.45. The number of nitrogens with one attached hydrogen (secondary N) is 2. The van der Waals surface area contributed by atoms with Crippen LogP contribution >= 0.6 is 0 Å². The molecule has 1 aliphatic heterocycles. The number of nitrogens with zero attached hydrogens (tertiary/aromatic N) is 1. The van der Waals surface area contributed by atoms with Gasteiger partial charge in [-0.3, -0.25) is 9.69 Å². The highest BCUT2D eigenvalue weighted by Crippen LogP contribution is 2.16. The zero-order chi connectivity index (χ0) is 14.4. The molecular weight excluding hydrogens is 254 g/mol. The Hall–Kier alpha value is -2.48. The topological polar surface area (TPSA) is 61.4 Å². The molecule has 0 aromatic heterocycles. The molecule has 3 amide bonds. The van der Waals surface area contributed by atoms with Crippen molar-refractivity contribution in [3.63, 3.8) is 0 Å². The molecule has 1 aromatic rings. The Morgan fingerprint density at radius 2 is 2.15 bits per heavy atom. The summed E-state index contributed by atoms with van der Waals surface area (Å²) < 4.78 is 0. The number of carbonyl (C=O) groups excluding carboxylic acids is 2. The lowest BCUT2D eigenvalue weighted by Crippen LogP contribution is -2.27. The highest BCUT2D eigenvalue weighted by atomic mass is 16.2. The second kappa shape index (κ2) is 6.62. The molecule has 2 N–H and O–H groups in total. The van der Waals surface area contributed by atoms with E-state index in [0.717, 1.165) is 11.3 Å². The summed E-state index contributed by atoms with van der Waals surface area (Å²) in [4.78, 5) is 24.2. The molecule has 0 saturated carbocycles. The molecule has 0 radical (unpaired) electrons. The Bertz CT molecular complexity index is 555. The van der Waals surface area contributed by atoms with Gasteiger partial charge in [-0.1, -0.05) is 18.8 Å². The molecule has 1 heterocycles. The lowest BCUT2D eigenvalue weighted by Gasteiger charge is -2.13. The van der Waals surface area contributed by atoms with E-state index in [1.165, 1.54) is 0 Å². The summed E-state index contributed by atoms with van der Waals surface area (Å²) in [6.45, 7) is 3.52. The third-order valence-electron chi connectivity index (χ3n) is 2.96. The first-order valence-electron chi connectivity index (χ1n) is 6.61. The average molecular weight is 271 g/mol. The number of urea groups is 1. The van der Waals surface area contributed by atoms with Crippen molar-refractivity contribution in [2.45, 2.75) is 13.3 Å². The average Bonchev–Trinajstić information content (AvgIpc) is 2.90. The van der Waals surface area contributed by atoms with Gasteiger partial charge in [0.1, 0.15) is 0 Å². The van der Waals surface area contributed by atoms with Crippen LogP contribution in [0.2, 0.25) is 0 Å². The molecule has 0 spiro atoms. The summed E-state index contributed by atoms with van der Waals surface area (Å²) in [7, 11) is 0. The van der Waals surface area contributed by atoms with Crippen molar-refractivity contribution in [1.29, 1.82) is 0 Å². The van der Waals surface area contributed by atoms with Gasteiger partial charge in [0.25, 0.3) is 0 Å². The van der Waals surface area contributed by atoms with Crippen LogP contribution in [0.1, 0.15) is 18.9 Å². The zero-order valence-corrected chi connectivity index (χ0v) is 11.4. The van der Waals surface area contributed by atoms with Crippen LogP contribution in [0.3, 0.4) is 0 Å². The maximum Gasteiger partial charge on any atom is 0.321 e. The molecule has 5 nitrogen and oxygen atoms in total. The predicted molar refractivity (Wildman–Crippen MR) is 77.4 cm³/mol. The van der Waals surface area contributed by atoms with Crippen LogP contribution in [0.15, 0.2) is 24.3 Å². The molecule has 0 unspecified atom stereocenters. The fraction of sp³-hybridized carbons (Fsp3) is 0.333. The first kappa shape index (κ1) is 13.9. The van der Waals surface area contributed by atoms with Gasteiger partial charge in [0.2, 0.25) is 5.91 Å². The Morgan fingerprint density at radius 3 is 2.75 bits per heavy atom. The minimum Gasteiger partial charge on any atom is -0.345 e. The van der Waals surface area contributed by atoms with Gasteiger partial charge in [-0.15, -0.1) is 0 Å². The van der Waals surface area contributed by atoms with E-state index in [1.807, 2.05) is 24.3 Å². The standard InChI is InChI=1S/C15H17N3O2/c1-2-14(19)16-9-3-4-12-5-7-13(8-6-12)18-11-10-17-15(18)20/h5-8H,2,9-11H2,1H3,(H,16,19)(H,17,20). The summed E-state index contributed by atoms with van der Waals surface area (Å²) in [5.74, 6) is 5.85. The predicted octanol–water partition coefficient (Wildman–Crippen LogP) is 1.09. The monoisotopic (exact) mass is 271 g/mol. The molecule has 20 heavy (non-hydrogen) atoms.